The number of aliphatic hydroxyl groups excluding tert-OH is 2. The van der Waals surface area contributed by atoms with Crippen molar-refractivity contribution in [3.8, 4) is 0 Å². The predicted octanol–water partition coefficient (Wildman–Crippen LogP) is 11.8. The van der Waals surface area contributed by atoms with Crippen LogP contribution in [0, 0.1) is 0 Å². The van der Waals surface area contributed by atoms with Crippen LogP contribution in [-0.2, 0) is 9.53 Å². The zero-order valence-electron chi connectivity index (χ0n) is 29.4. The molecule has 0 amide bonds. The summed E-state index contributed by atoms with van der Waals surface area (Å²) < 4.78 is 5.56. The van der Waals surface area contributed by atoms with Gasteiger partial charge >= 0.3 is 0 Å². The summed E-state index contributed by atoms with van der Waals surface area (Å²) in [6.07, 6.45) is 38.8. The van der Waals surface area contributed by atoms with Crippen LogP contribution in [0.2, 0.25) is 0 Å². The van der Waals surface area contributed by atoms with Gasteiger partial charge in [0.2, 0.25) is 0 Å². The number of hydrogen-bond donors (Lipinski definition) is 2. The van der Waals surface area contributed by atoms with Gasteiger partial charge in [-0.25, -0.2) is 0 Å². The lowest BCUT2D eigenvalue weighted by atomic mass is 10.0. The smallest absolute Gasteiger partial charge is 0.164 e. The van der Waals surface area contributed by atoms with Gasteiger partial charge in [0.25, 0.3) is 0 Å². The second-order valence-electron chi connectivity index (χ2n) is 13.6. The second-order valence-corrected chi connectivity index (χ2v) is 13.6. The summed E-state index contributed by atoms with van der Waals surface area (Å²) in [6.45, 7) is 5.19. The number of rotatable bonds is 37. The molecule has 0 rings (SSSR count). The average Bonchev–Trinajstić information content (AvgIpc) is 3.01. The molecule has 0 aromatic carbocycles. The van der Waals surface area contributed by atoms with Crippen molar-refractivity contribution in [1.29, 1.82) is 0 Å². The Morgan fingerprint density at radius 2 is 0.721 bits per heavy atom. The number of hydrogen-bond acceptors (Lipinski definition) is 4. The Bertz CT molecular complexity index is 537. The van der Waals surface area contributed by atoms with Gasteiger partial charge in [0.05, 0.1) is 6.61 Å². The van der Waals surface area contributed by atoms with E-state index >= 15 is 0 Å². The molecule has 0 spiro atoms. The van der Waals surface area contributed by atoms with Gasteiger partial charge in [0.1, 0.15) is 12.2 Å². The number of unbranched alkanes of at least 4 members (excludes halogenated alkanes) is 29. The van der Waals surface area contributed by atoms with Gasteiger partial charge in [-0.15, -0.1) is 0 Å². The van der Waals surface area contributed by atoms with Gasteiger partial charge in [-0.2, -0.15) is 0 Å². The van der Waals surface area contributed by atoms with Gasteiger partial charge in [0.15, 0.2) is 5.78 Å². The summed E-state index contributed by atoms with van der Waals surface area (Å²) in [5, 5.41) is 20.3. The molecule has 0 heterocycles. The van der Waals surface area contributed by atoms with E-state index in [1.54, 1.807) is 0 Å². The van der Waals surface area contributed by atoms with Gasteiger partial charge in [-0.1, -0.05) is 200 Å². The van der Waals surface area contributed by atoms with E-state index in [2.05, 4.69) is 13.8 Å². The summed E-state index contributed by atoms with van der Waals surface area (Å²) >= 11 is 0. The number of ether oxygens (including phenoxy) is 1. The van der Waals surface area contributed by atoms with Crippen molar-refractivity contribution < 1.29 is 19.7 Å². The maximum atomic E-state index is 12.2. The Balaban J connectivity index is 3.37. The van der Waals surface area contributed by atoms with E-state index in [9.17, 15) is 15.0 Å². The minimum Gasteiger partial charge on any atom is -0.388 e. The first-order chi connectivity index (χ1) is 21.1. The number of ketones is 1. The summed E-state index contributed by atoms with van der Waals surface area (Å²) in [5.41, 5.74) is 0. The van der Waals surface area contributed by atoms with Crippen LogP contribution in [0.4, 0.5) is 0 Å². The largest absolute Gasteiger partial charge is 0.388 e. The van der Waals surface area contributed by atoms with Crippen molar-refractivity contribution in [1.82, 2.24) is 0 Å². The molecular weight excluding hydrogens is 532 g/mol. The molecule has 0 aliphatic heterocycles. The van der Waals surface area contributed by atoms with Crippen molar-refractivity contribution >= 4 is 5.78 Å². The highest BCUT2D eigenvalue weighted by Gasteiger charge is 2.23. The molecule has 0 saturated carbocycles. The van der Waals surface area contributed by atoms with Crippen LogP contribution in [0.3, 0.4) is 0 Å². The average molecular weight is 611 g/mol. The van der Waals surface area contributed by atoms with E-state index in [1.807, 2.05) is 0 Å². The Hall–Kier alpha value is -0.450. The number of Topliss-reactive ketones (excluding diaryl/α,β-unsaturated/α-hetero) is 1. The van der Waals surface area contributed by atoms with E-state index in [0.29, 0.717) is 13.0 Å². The molecule has 0 aromatic rings. The highest BCUT2D eigenvalue weighted by molar-refractivity contribution is 5.83. The molecule has 2 unspecified atom stereocenters. The number of carbonyl (C=O) groups excluding carboxylic acids is 1. The minimum absolute atomic E-state index is 0.0461. The monoisotopic (exact) mass is 611 g/mol. The van der Waals surface area contributed by atoms with Gasteiger partial charge in [-0.3, -0.25) is 4.79 Å². The standard InChI is InChI=1S/C39H78O4/c1-3-5-7-9-11-13-15-17-18-19-20-21-23-25-27-29-31-33-35-43-36-38(41)39(42)37(40)34-32-30-28-26-24-22-16-14-12-10-8-6-4-2/h38-39,41-42H,3-36H2,1-2H3. The van der Waals surface area contributed by atoms with E-state index in [-0.39, 0.29) is 12.4 Å². The highest BCUT2D eigenvalue weighted by atomic mass is 16.5. The third-order valence-corrected chi connectivity index (χ3v) is 9.15. The first-order valence-corrected chi connectivity index (χ1v) is 19.6. The molecule has 0 bridgehead atoms. The van der Waals surface area contributed by atoms with Crippen molar-refractivity contribution in [3.05, 3.63) is 0 Å². The van der Waals surface area contributed by atoms with Crippen molar-refractivity contribution in [2.45, 2.75) is 232 Å². The first kappa shape index (κ1) is 42.6. The molecule has 4 nitrogen and oxygen atoms in total. The molecule has 0 aromatic heterocycles. The van der Waals surface area contributed by atoms with E-state index in [1.165, 1.54) is 167 Å². The maximum absolute atomic E-state index is 12.2. The summed E-state index contributed by atoms with van der Waals surface area (Å²) in [6, 6.07) is 0. The number of aliphatic hydroxyl groups is 2. The molecule has 258 valence electrons. The fraction of sp³-hybridized carbons (Fsp3) is 0.974. The molecule has 0 saturated heterocycles. The van der Waals surface area contributed by atoms with Crippen molar-refractivity contribution in [2.24, 2.45) is 0 Å². The van der Waals surface area contributed by atoms with Crippen LogP contribution in [0.25, 0.3) is 0 Å². The first-order valence-electron chi connectivity index (χ1n) is 19.6. The zero-order valence-corrected chi connectivity index (χ0v) is 29.4. The second kappa shape index (κ2) is 36.0. The van der Waals surface area contributed by atoms with Crippen LogP contribution in [-0.4, -0.2) is 41.4 Å². The third-order valence-electron chi connectivity index (χ3n) is 9.15. The number of carbonyl (C=O) groups is 1. The zero-order chi connectivity index (χ0) is 31.5. The van der Waals surface area contributed by atoms with Crippen molar-refractivity contribution in [3.63, 3.8) is 0 Å². The van der Waals surface area contributed by atoms with Crippen LogP contribution in [0.1, 0.15) is 219 Å². The van der Waals surface area contributed by atoms with Crippen LogP contribution < -0.4 is 0 Å². The third kappa shape index (κ3) is 32.7. The van der Waals surface area contributed by atoms with E-state index in [4.69, 9.17) is 4.74 Å². The fourth-order valence-electron chi connectivity index (χ4n) is 6.08. The van der Waals surface area contributed by atoms with Crippen LogP contribution in [0.5, 0.6) is 0 Å². The molecule has 4 heteroatoms. The Kier molecular flexibility index (Phi) is 35.6. The topological polar surface area (TPSA) is 66.8 Å². The van der Waals surface area contributed by atoms with Gasteiger partial charge < -0.3 is 14.9 Å². The predicted molar refractivity (Wildman–Crippen MR) is 187 cm³/mol. The fourth-order valence-corrected chi connectivity index (χ4v) is 6.08. The van der Waals surface area contributed by atoms with E-state index < -0.39 is 12.2 Å². The normalized spacial score (nSPS) is 13.0. The minimum atomic E-state index is -1.31. The van der Waals surface area contributed by atoms with Crippen LogP contribution >= 0.6 is 0 Å². The van der Waals surface area contributed by atoms with Gasteiger partial charge in [-0.05, 0) is 12.8 Å². The van der Waals surface area contributed by atoms with Gasteiger partial charge in [0, 0.05) is 13.0 Å². The molecule has 0 aliphatic carbocycles. The summed E-state index contributed by atoms with van der Waals surface area (Å²) in [4.78, 5) is 12.2. The Morgan fingerprint density at radius 3 is 1.05 bits per heavy atom. The molecule has 0 radical (unpaired) electrons. The van der Waals surface area contributed by atoms with Crippen LogP contribution in [0.15, 0.2) is 0 Å². The summed E-state index contributed by atoms with van der Waals surface area (Å²) in [5.74, 6) is -0.243. The van der Waals surface area contributed by atoms with E-state index in [0.717, 1.165) is 32.1 Å². The molecule has 43 heavy (non-hydrogen) atoms. The highest BCUT2D eigenvalue weighted by Crippen LogP contribution is 2.16. The lowest BCUT2D eigenvalue weighted by molar-refractivity contribution is -0.135. The molecule has 2 atom stereocenters. The molecule has 0 aliphatic rings. The Labute approximate surface area is 269 Å². The lowest BCUT2D eigenvalue weighted by Crippen LogP contribution is -2.37. The quantitative estimate of drug-likeness (QED) is 0.0687. The Morgan fingerprint density at radius 1 is 0.442 bits per heavy atom. The maximum Gasteiger partial charge on any atom is 0.164 e. The molecule has 2 N–H and O–H groups in total. The SMILES string of the molecule is CCCCCCCCCCCCCCCCCCCCOCC(O)C(O)C(=O)CCCCCCCCCCCCCCC. The lowest BCUT2D eigenvalue weighted by Gasteiger charge is -2.17. The molecule has 0 fully saturated rings. The molecular formula is C39H78O4. The summed E-state index contributed by atoms with van der Waals surface area (Å²) in [7, 11) is 0. The van der Waals surface area contributed by atoms with Crippen molar-refractivity contribution in [2.75, 3.05) is 13.2 Å².